The lowest BCUT2D eigenvalue weighted by atomic mass is 10.2. The summed E-state index contributed by atoms with van der Waals surface area (Å²) in [5.41, 5.74) is 0.687. The van der Waals surface area contributed by atoms with Crippen LogP contribution in [0.15, 0.2) is 12.1 Å². The number of ether oxygens (including phenoxy) is 3. The van der Waals surface area contributed by atoms with Gasteiger partial charge in [0.15, 0.2) is 11.5 Å². The second kappa shape index (κ2) is 5.85. The Hall–Kier alpha value is -1.91. The molecule has 5 heteroatoms. The van der Waals surface area contributed by atoms with E-state index in [-0.39, 0.29) is 6.54 Å². The molecule has 16 heavy (non-hydrogen) atoms. The first-order chi connectivity index (χ1) is 7.76. The predicted octanol–water partition coefficient (Wildman–Crippen LogP) is 1.32. The number of nitrogens with one attached hydrogen (secondary N) is 1. The first kappa shape index (κ1) is 12.2. The van der Waals surface area contributed by atoms with E-state index in [1.54, 1.807) is 33.5 Å². The van der Waals surface area contributed by atoms with E-state index in [1.807, 2.05) is 0 Å². The summed E-state index contributed by atoms with van der Waals surface area (Å²) in [5, 5.41) is 2.91. The van der Waals surface area contributed by atoms with Gasteiger partial charge in [0.25, 0.3) is 0 Å². The van der Waals surface area contributed by atoms with Gasteiger partial charge in [-0.1, -0.05) is 0 Å². The summed E-state index contributed by atoms with van der Waals surface area (Å²) in [6, 6.07) is 3.42. The maximum atomic E-state index is 10.3. The Morgan fingerprint density at radius 2 is 1.62 bits per heavy atom. The van der Waals surface area contributed by atoms with Gasteiger partial charge in [0.1, 0.15) is 12.0 Å². The van der Waals surface area contributed by atoms with E-state index in [2.05, 4.69) is 5.32 Å². The van der Waals surface area contributed by atoms with Gasteiger partial charge in [-0.25, -0.2) is 0 Å². The quantitative estimate of drug-likeness (QED) is 0.740. The molecule has 0 aliphatic rings. The van der Waals surface area contributed by atoms with Crippen molar-refractivity contribution < 1.29 is 19.0 Å². The van der Waals surface area contributed by atoms with Gasteiger partial charge in [-0.05, 0) is 0 Å². The van der Waals surface area contributed by atoms with E-state index < -0.39 is 0 Å². The zero-order valence-corrected chi connectivity index (χ0v) is 9.57. The number of anilines is 1. The fraction of sp³-hybridized carbons (Fsp3) is 0.364. The Kier molecular flexibility index (Phi) is 4.44. The Morgan fingerprint density at radius 3 is 2.12 bits per heavy atom. The van der Waals surface area contributed by atoms with E-state index >= 15 is 0 Å². The largest absolute Gasteiger partial charge is 0.494 e. The molecule has 0 spiro atoms. The molecule has 0 aliphatic carbocycles. The van der Waals surface area contributed by atoms with Gasteiger partial charge in [0.2, 0.25) is 0 Å². The third kappa shape index (κ3) is 2.56. The molecule has 0 atom stereocenters. The number of hydrogen-bond donors (Lipinski definition) is 1. The molecule has 0 radical (unpaired) electrons. The minimum Gasteiger partial charge on any atom is -0.494 e. The Bertz CT molecular complexity index is 365. The van der Waals surface area contributed by atoms with Crippen LogP contribution in [-0.4, -0.2) is 34.2 Å². The lowest BCUT2D eigenvalue weighted by Gasteiger charge is -2.14. The molecular formula is C11H15NO4. The van der Waals surface area contributed by atoms with Crippen LogP contribution in [0.25, 0.3) is 0 Å². The molecule has 0 heterocycles. The fourth-order valence-corrected chi connectivity index (χ4v) is 1.32. The van der Waals surface area contributed by atoms with E-state index in [9.17, 15) is 4.79 Å². The fourth-order valence-electron chi connectivity index (χ4n) is 1.32. The summed E-state index contributed by atoms with van der Waals surface area (Å²) < 4.78 is 15.5. The minimum absolute atomic E-state index is 0.214. The molecule has 1 N–H and O–H groups in total. The molecule has 0 saturated heterocycles. The molecule has 1 aromatic carbocycles. The van der Waals surface area contributed by atoms with Crippen LogP contribution < -0.4 is 19.5 Å². The average Bonchev–Trinajstić information content (AvgIpc) is 2.35. The highest BCUT2D eigenvalue weighted by atomic mass is 16.5. The molecule has 1 aromatic rings. The Balaban J connectivity index is 3.09. The lowest BCUT2D eigenvalue weighted by molar-refractivity contribution is -0.106. The topological polar surface area (TPSA) is 56.8 Å². The van der Waals surface area contributed by atoms with Crippen LogP contribution in [0.1, 0.15) is 0 Å². The van der Waals surface area contributed by atoms with Crippen LogP contribution in [-0.2, 0) is 4.79 Å². The summed E-state index contributed by atoms with van der Waals surface area (Å²) in [7, 11) is 4.65. The zero-order chi connectivity index (χ0) is 12.0. The van der Waals surface area contributed by atoms with Crippen molar-refractivity contribution in [3.05, 3.63) is 12.1 Å². The lowest BCUT2D eigenvalue weighted by Crippen LogP contribution is -2.04. The first-order valence-corrected chi connectivity index (χ1v) is 4.74. The summed E-state index contributed by atoms with van der Waals surface area (Å²) in [5.74, 6) is 1.76. The van der Waals surface area contributed by atoms with Crippen molar-refractivity contribution in [1.82, 2.24) is 0 Å². The van der Waals surface area contributed by atoms with E-state index in [4.69, 9.17) is 14.2 Å². The highest BCUT2D eigenvalue weighted by Crippen LogP contribution is 2.37. The molecule has 0 bridgehead atoms. The van der Waals surface area contributed by atoms with Crippen molar-refractivity contribution in [2.75, 3.05) is 33.2 Å². The van der Waals surface area contributed by atoms with E-state index in [0.29, 0.717) is 22.9 Å². The van der Waals surface area contributed by atoms with Gasteiger partial charge in [-0.3, -0.25) is 0 Å². The summed E-state index contributed by atoms with van der Waals surface area (Å²) in [6.45, 7) is 0.214. The molecule has 5 nitrogen and oxygen atoms in total. The number of rotatable bonds is 6. The molecule has 88 valence electrons. The van der Waals surface area contributed by atoms with Gasteiger partial charge in [-0.2, -0.15) is 0 Å². The Labute approximate surface area is 94.3 Å². The van der Waals surface area contributed by atoms with Crippen molar-refractivity contribution in [2.45, 2.75) is 0 Å². The van der Waals surface area contributed by atoms with Crippen LogP contribution in [0, 0.1) is 0 Å². The van der Waals surface area contributed by atoms with Crippen molar-refractivity contribution in [3.63, 3.8) is 0 Å². The van der Waals surface area contributed by atoms with Crippen molar-refractivity contribution in [3.8, 4) is 17.2 Å². The van der Waals surface area contributed by atoms with E-state index in [0.717, 1.165) is 6.29 Å². The van der Waals surface area contributed by atoms with E-state index in [1.165, 1.54) is 0 Å². The maximum Gasteiger partial charge on any atom is 0.164 e. The predicted molar refractivity (Wildman–Crippen MR) is 60.7 cm³/mol. The smallest absolute Gasteiger partial charge is 0.164 e. The van der Waals surface area contributed by atoms with Crippen molar-refractivity contribution in [1.29, 1.82) is 0 Å². The SMILES string of the molecule is COc1cc(OC)c(OC)cc1NCC=O. The van der Waals surface area contributed by atoms with Gasteiger partial charge in [-0.15, -0.1) is 0 Å². The molecule has 0 saturated carbocycles. The summed E-state index contributed by atoms with van der Waals surface area (Å²) >= 11 is 0. The number of hydrogen-bond acceptors (Lipinski definition) is 5. The van der Waals surface area contributed by atoms with Crippen LogP contribution >= 0.6 is 0 Å². The maximum absolute atomic E-state index is 10.3. The number of carbonyl (C=O) groups excluding carboxylic acids is 1. The normalized spacial score (nSPS) is 9.44. The van der Waals surface area contributed by atoms with Crippen LogP contribution in [0.3, 0.4) is 0 Å². The summed E-state index contributed by atoms with van der Waals surface area (Å²) in [4.78, 5) is 10.3. The van der Waals surface area contributed by atoms with Gasteiger partial charge in [0, 0.05) is 12.1 Å². The van der Waals surface area contributed by atoms with Crippen LogP contribution in [0.5, 0.6) is 17.2 Å². The third-order valence-corrected chi connectivity index (χ3v) is 2.08. The van der Waals surface area contributed by atoms with Crippen molar-refractivity contribution >= 4 is 12.0 Å². The minimum atomic E-state index is 0.214. The second-order valence-corrected chi connectivity index (χ2v) is 2.96. The number of carbonyl (C=O) groups is 1. The monoisotopic (exact) mass is 225 g/mol. The van der Waals surface area contributed by atoms with Crippen LogP contribution in [0.4, 0.5) is 5.69 Å². The molecule has 0 aromatic heterocycles. The first-order valence-electron chi connectivity index (χ1n) is 4.74. The standard InChI is InChI=1S/C11H15NO4/c1-14-9-7-11(16-3)10(15-2)6-8(9)12-4-5-13/h5-7,12H,4H2,1-3H3. The second-order valence-electron chi connectivity index (χ2n) is 2.96. The highest BCUT2D eigenvalue weighted by Gasteiger charge is 2.10. The molecule has 0 amide bonds. The average molecular weight is 225 g/mol. The third-order valence-electron chi connectivity index (χ3n) is 2.08. The summed E-state index contributed by atoms with van der Waals surface area (Å²) in [6.07, 6.45) is 0.774. The van der Waals surface area contributed by atoms with Gasteiger partial charge >= 0.3 is 0 Å². The number of aldehydes is 1. The zero-order valence-electron chi connectivity index (χ0n) is 9.57. The molecule has 0 fully saturated rings. The highest BCUT2D eigenvalue weighted by molar-refractivity contribution is 5.68. The molecule has 1 rings (SSSR count). The van der Waals surface area contributed by atoms with Gasteiger partial charge in [0.05, 0.1) is 33.6 Å². The number of benzene rings is 1. The van der Waals surface area contributed by atoms with Crippen LogP contribution in [0.2, 0.25) is 0 Å². The van der Waals surface area contributed by atoms with Crippen molar-refractivity contribution in [2.24, 2.45) is 0 Å². The molecular weight excluding hydrogens is 210 g/mol. The van der Waals surface area contributed by atoms with Gasteiger partial charge < -0.3 is 24.3 Å². The molecule has 0 unspecified atom stereocenters. The molecule has 0 aliphatic heterocycles. The Morgan fingerprint density at radius 1 is 1.06 bits per heavy atom. The number of methoxy groups -OCH3 is 3.